The van der Waals surface area contributed by atoms with Crippen molar-refractivity contribution in [2.45, 2.75) is 13.0 Å². The van der Waals surface area contributed by atoms with Gasteiger partial charge in [0, 0.05) is 18.7 Å². The first kappa shape index (κ1) is 23.7. The lowest BCUT2D eigenvalue weighted by Crippen LogP contribution is -2.36. The Kier molecular flexibility index (Phi) is 7.45. The predicted octanol–water partition coefficient (Wildman–Crippen LogP) is 5.08. The zero-order chi connectivity index (χ0) is 24.1. The second kappa shape index (κ2) is 10.7. The minimum Gasteiger partial charge on any atom is -0.493 e. The van der Waals surface area contributed by atoms with E-state index < -0.39 is 5.92 Å². The van der Waals surface area contributed by atoms with Gasteiger partial charge in [0.2, 0.25) is 11.8 Å². The highest BCUT2D eigenvalue weighted by Gasteiger charge is 2.35. The minimum atomic E-state index is -0.480. The van der Waals surface area contributed by atoms with Crippen molar-refractivity contribution in [3.05, 3.63) is 82.3 Å². The number of benzene rings is 3. The van der Waals surface area contributed by atoms with E-state index >= 15 is 0 Å². The number of amides is 2. The van der Waals surface area contributed by atoms with Crippen LogP contribution in [-0.2, 0) is 16.2 Å². The van der Waals surface area contributed by atoms with E-state index in [2.05, 4.69) is 10.9 Å². The molecule has 7 nitrogen and oxygen atoms in total. The summed E-state index contributed by atoms with van der Waals surface area (Å²) in [5.74, 6) is 0.0604. The average molecular weight is 500 g/mol. The van der Waals surface area contributed by atoms with Crippen molar-refractivity contribution in [1.82, 2.24) is 5.43 Å². The average Bonchev–Trinajstić information content (AvgIpc) is 3.25. The molecule has 0 bridgehead atoms. The van der Waals surface area contributed by atoms with Crippen molar-refractivity contribution in [2.75, 3.05) is 24.0 Å². The van der Waals surface area contributed by atoms with E-state index in [1.54, 1.807) is 35.2 Å². The van der Waals surface area contributed by atoms with Crippen molar-refractivity contribution in [3.8, 4) is 11.5 Å². The SMILES string of the molecule is COc1cccc(NNC(=O)[C@H]2CC(=O)N(c3ccccc3)C2)c1OCc1ccc(Cl)c(Cl)c1. The molecule has 9 heteroatoms. The molecule has 0 unspecified atom stereocenters. The molecule has 0 spiro atoms. The van der Waals surface area contributed by atoms with E-state index in [4.69, 9.17) is 32.7 Å². The van der Waals surface area contributed by atoms with E-state index in [1.165, 1.54) is 7.11 Å². The molecular weight excluding hydrogens is 477 g/mol. The molecule has 4 rings (SSSR count). The van der Waals surface area contributed by atoms with Crippen molar-refractivity contribution in [3.63, 3.8) is 0 Å². The summed E-state index contributed by atoms with van der Waals surface area (Å²) in [5.41, 5.74) is 7.72. The van der Waals surface area contributed by atoms with Crippen LogP contribution >= 0.6 is 23.2 Å². The molecule has 0 radical (unpaired) electrons. The molecule has 2 N–H and O–H groups in total. The third-order valence-electron chi connectivity index (χ3n) is 5.45. The van der Waals surface area contributed by atoms with Crippen LogP contribution in [-0.4, -0.2) is 25.5 Å². The fraction of sp³-hybridized carbons (Fsp3) is 0.200. The van der Waals surface area contributed by atoms with Crippen molar-refractivity contribution in [1.29, 1.82) is 0 Å². The molecular formula is C25H23Cl2N3O4. The molecule has 1 fully saturated rings. The maximum absolute atomic E-state index is 12.8. The number of carbonyl (C=O) groups excluding carboxylic acids is 2. The minimum absolute atomic E-state index is 0.0848. The zero-order valence-corrected chi connectivity index (χ0v) is 19.9. The van der Waals surface area contributed by atoms with Crippen LogP contribution < -0.4 is 25.2 Å². The molecule has 0 saturated carbocycles. The molecule has 1 aliphatic heterocycles. The molecule has 1 saturated heterocycles. The molecule has 34 heavy (non-hydrogen) atoms. The van der Waals surface area contributed by atoms with Crippen molar-refractivity contribution >= 4 is 46.4 Å². The summed E-state index contributed by atoms with van der Waals surface area (Å²) in [6.07, 6.45) is 0.140. The topological polar surface area (TPSA) is 79.9 Å². The highest BCUT2D eigenvalue weighted by molar-refractivity contribution is 6.42. The number of methoxy groups -OCH3 is 1. The van der Waals surface area contributed by atoms with Gasteiger partial charge in [0.1, 0.15) is 6.61 Å². The fourth-order valence-corrected chi connectivity index (χ4v) is 4.00. The van der Waals surface area contributed by atoms with Crippen LogP contribution in [0.5, 0.6) is 11.5 Å². The summed E-state index contributed by atoms with van der Waals surface area (Å²) in [5, 5.41) is 0.896. The van der Waals surface area contributed by atoms with Crippen LogP contribution in [0.1, 0.15) is 12.0 Å². The number of para-hydroxylation sites is 2. The van der Waals surface area contributed by atoms with E-state index in [9.17, 15) is 9.59 Å². The van der Waals surface area contributed by atoms with Gasteiger partial charge in [-0.2, -0.15) is 0 Å². The monoisotopic (exact) mass is 499 g/mol. The molecule has 176 valence electrons. The zero-order valence-electron chi connectivity index (χ0n) is 18.4. The van der Waals surface area contributed by atoms with Gasteiger partial charge in [-0.05, 0) is 42.0 Å². The highest BCUT2D eigenvalue weighted by atomic mass is 35.5. The first-order valence-corrected chi connectivity index (χ1v) is 11.4. The Morgan fingerprint density at radius 3 is 2.59 bits per heavy atom. The third kappa shape index (κ3) is 5.38. The number of ether oxygens (including phenoxy) is 2. The lowest BCUT2D eigenvalue weighted by Gasteiger charge is -2.19. The first-order chi connectivity index (χ1) is 16.5. The van der Waals surface area contributed by atoms with Crippen LogP contribution in [0.2, 0.25) is 10.0 Å². The van der Waals surface area contributed by atoms with Crippen LogP contribution in [0, 0.1) is 5.92 Å². The third-order valence-corrected chi connectivity index (χ3v) is 6.19. The van der Waals surface area contributed by atoms with Crippen LogP contribution in [0.4, 0.5) is 11.4 Å². The quantitative estimate of drug-likeness (QED) is 0.422. The number of rotatable bonds is 8. The largest absolute Gasteiger partial charge is 0.493 e. The Morgan fingerprint density at radius 2 is 1.85 bits per heavy atom. The molecule has 1 heterocycles. The molecule has 0 aromatic heterocycles. The Hall–Kier alpha value is -3.42. The highest BCUT2D eigenvalue weighted by Crippen LogP contribution is 2.36. The van der Waals surface area contributed by atoms with Gasteiger partial charge in [-0.1, -0.05) is 53.5 Å². The van der Waals surface area contributed by atoms with Crippen molar-refractivity contribution in [2.24, 2.45) is 5.92 Å². The van der Waals surface area contributed by atoms with Gasteiger partial charge in [0.15, 0.2) is 11.5 Å². The van der Waals surface area contributed by atoms with Gasteiger partial charge < -0.3 is 14.4 Å². The summed E-state index contributed by atoms with van der Waals surface area (Å²) in [6.45, 7) is 0.526. The molecule has 1 aliphatic rings. The summed E-state index contributed by atoms with van der Waals surface area (Å²) in [4.78, 5) is 26.9. The van der Waals surface area contributed by atoms with Crippen molar-refractivity contribution < 1.29 is 19.1 Å². The summed E-state index contributed by atoms with van der Waals surface area (Å²) in [7, 11) is 1.53. The lowest BCUT2D eigenvalue weighted by atomic mass is 10.1. The first-order valence-electron chi connectivity index (χ1n) is 10.6. The molecule has 0 aliphatic carbocycles. The summed E-state index contributed by atoms with van der Waals surface area (Å²) < 4.78 is 11.4. The molecule has 2 amide bonds. The standard InChI is InChI=1S/C25H23Cl2N3O4/c1-33-22-9-5-8-21(24(22)34-15-16-10-11-19(26)20(27)12-16)28-29-25(32)17-13-23(31)30(14-17)18-6-3-2-4-7-18/h2-12,17,28H,13-15H2,1H3,(H,29,32)/t17-/m0/s1. The number of halogens is 2. The fourth-order valence-electron chi connectivity index (χ4n) is 3.68. The maximum atomic E-state index is 12.8. The predicted molar refractivity (Wildman–Crippen MR) is 132 cm³/mol. The number of anilines is 2. The molecule has 3 aromatic rings. The van der Waals surface area contributed by atoms with E-state index in [0.717, 1.165) is 11.3 Å². The molecule has 1 atom stereocenters. The van der Waals surface area contributed by atoms with Crippen LogP contribution in [0.25, 0.3) is 0 Å². The normalized spacial score (nSPS) is 15.2. The van der Waals surface area contributed by atoms with Crippen LogP contribution in [0.15, 0.2) is 66.7 Å². The maximum Gasteiger partial charge on any atom is 0.243 e. The smallest absolute Gasteiger partial charge is 0.243 e. The van der Waals surface area contributed by atoms with E-state index in [1.807, 2.05) is 36.4 Å². The van der Waals surface area contributed by atoms with Gasteiger partial charge in [0.05, 0.1) is 28.8 Å². The van der Waals surface area contributed by atoms with Gasteiger partial charge in [-0.25, -0.2) is 0 Å². The summed E-state index contributed by atoms with van der Waals surface area (Å²) >= 11 is 12.1. The van der Waals surface area contributed by atoms with E-state index in [0.29, 0.717) is 33.8 Å². The van der Waals surface area contributed by atoms with E-state index in [-0.39, 0.29) is 24.8 Å². The number of carbonyl (C=O) groups is 2. The number of nitrogens with zero attached hydrogens (tertiary/aromatic N) is 1. The number of hydrazine groups is 1. The molecule has 3 aromatic carbocycles. The number of hydrogen-bond acceptors (Lipinski definition) is 5. The number of hydrogen-bond donors (Lipinski definition) is 2. The Bertz CT molecular complexity index is 1190. The Morgan fingerprint density at radius 1 is 1.06 bits per heavy atom. The second-order valence-electron chi connectivity index (χ2n) is 7.73. The Labute approximate surface area is 207 Å². The summed E-state index contributed by atoms with van der Waals surface area (Å²) in [6, 6.07) is 19.8. The Balaban J connectivity index is 1.42. The van der Waals surface area contributed by atoms with Gasteiger partial charge in [0.25, 0.3) is 0 Å². The number of nitrogens with one attached hydrogen (secondary N) is 2. The van der Waals surface area contributed by atoms with Gasteiger partial charge in [-0.15, -0.1) is 0 Å². The van der Waals surface area contributed by atoms with Gasteiger partial charge >= 0.3 is 0 Å². The second-order valence-corrected chi connectivity index (χ2v) is 8.54. The van der Waals surface area contributed by atoms with Gasteiger partial charge in [-0.3, -0.25) is 20.4 Å². The van der Waals surface area contributed by atoms with Crippen LogP contribution in [0.3, 0.4) is 0 Å². The lowest BCUT2D eigenvalue weighted by molar-refractivity contribution is -0.125.